The maximum atomic E-state index is 2.36. The molecule has 0 aliphatic heterocycles. The highest BCUT2D eigenvalue weighted by Gasteiger charge is 2.31. The molecule has 0 unspecified atom stereocenters. The van der Waals surface area contributed by atoms with Gasteiger partial charge in [0.25, 0.3) is 0 Å². The molecule has 0 spiro atoms. The monoisotopic (exact) mass is 388 g/mol. The summed E-state index contributed by atoms with van der Waals surface area (Å²) in [7, 11) is 0. The summed E-state index contributed by atoms with van der Waals surface area (Å²) in [4.78, 5) is 0. The molecule has 3 aliphatic rings. The van der Waals surface area contributed by atoms with Gasteiger partial charge in [0.05, 0.1) is 0 Å². The fourth-order valence-electron chi connectivity index (χ4n) is 7.27. The fourth-order valence-corrected chi connectivity index (χ4v) is 7.27. The second kappa shape index (κ2) is 12.6. The first-order chi connectivity index (χ1) is 13.8. The van der Waals surface area contributed by atoms with Crippen LogP contribution in [0.4, 0.5) is 0 Å². The van der Waals surface area contributed by atoms with E-state index in [4.69, 9.17) is 0 Å². The largest absolute Gasteiger partial charge is 0.0654 e. The molecule has 3 rings (SSSR count). The Bertz CT molecular complexity index is 375. The minimum Gasteiger partial charge on any atom is -0.0654 e. The van der Waals surface area contributed by atoms with E-state index in [0.29, 0.717) is 0 Å². The van der Waals surface area contributed by atoms with Crippen molar-refractivity contribution in [3.63, 3.8) is 0 Å². The third-order valence-corrected chi connectivity index (χ3v) is 9.31. The van der Waals surface area contributed by atoms with Crippen molar-refractivity contribution in [2.45, 2.75) is 142 Å². The quantitative estimate of drug-likeness (QED) is 0.327. The normalized spacial score (nSPS) is 37.1. The lowest BCUT2D eigenvalue weighted by Gasteiger charge is -2.38. The number of hydrogen-bond donors (Lipinski definition) is 0. The summed E-state index contributed by atoms with van der Waals surface area (Å²) in [6.45, 7) is 4.70. The molecule has 0 aromatic carbocycles. The van der Waals surface area contributed by atoms with Gasteiger partial charge in [-0.1, -0.05) is 117 Å². The van der Waals surface area contributed by atoms with Gasteiger partial charge in [0.15, 0.2) is 0 Å². The van der Waals surface area contributed by atoms with E-state index in [1.807, 2.05) is 0 Å². The lowest BCUT2D eigenvalue weighted by atomic mass is 9.68. The molecule has 0 radical (unpaired) electrons. The van der Waals surface area contributed by atoms with Gasteiger partial charge in [0.1, 0.15) is 0 Å². The van der Waals surface area contributed by atoms with E-state index in [2.05, 4.69) is 13.8 Å². The molecule has 0 heteroatoms. The van der Waals surface area contributed by atoms with E-state index in [-0.39, 0.29) is 0 Å². The smallest absolute Gasteiger partial charge is 0.0386 e. The first-order valence-corrected chi connectivity index (χ1v) is 13.8. The lowest BCUT2D eigenvalue weighted by Crippen LogP contribution is -2.26. The third-order valence-electron chi connectivity index (χ3n) is 9.31. The van der Waals surface area contributed by atoms with Crippen molar-refractivity contribution in [1.82, 2.24) is 0 Å². The molecule has 0 saturated heterocycles. The van der Waals surface area contributed by atoms with Crippen LogP contribution in [0.25, 0.3) is 0 Å². The molecule has 3 saturated carbocycles. The summed E-state index contributed by atoms with van der Waals surface area (Å²) in [5.41, 5.74) is 0. The van der Waals surface area contributed by atoms with Crippen LogP contribution in [0.1, 0.15) is 142 Å². The second-order valence-corrected chi connectivity index (χ2v) is 11.3. The van der Waals surface area contributed by atoms with Crippen LogP contribution < -0.4 is 0 Å². The van der Waals surface area contributed by atoms with Gasteiger partial charge in [-0.25, -0.2) is 0 Å². The topological polar surface area (TPSA) is 0 Å². The first kappa shape index (κ1) is 22.7. The van der Waals surface area contributed by atoms with Gasteiger partial charge < -0.3 is 0 Å². The predicted octanol–water partition coefficient (Wildman–Crippen LogP) is 9.57. The molecule has 0 amide bonds. The molecule has 3 aliphatic carbocycles. The van der Waals surface area contributed by atoms with Crippen LogP contribution in [0.3, 0.4) is 0 Å². The van der Waals surface area contributed by atoms with E-state index in [1.165, 1.54) is 38.5 Å². The van der Waals surface area contributed by atoms with Crippen molar-refractivity contribution >= 4 is 0 Å². The van der Waals surface area contributed by atoms with Crippen LogP contribution in [-0.4, -0.2) is 0 Å². The lowest BCUT2D eigenvalue weighted by molar-refractivity contribution is 0.135. The van der Waals surface area contributed by atoms with E-state index in [9.17, 15) is 0 Å². The summed E-state index contributed by atoms with van der Waals surface area (Å²) in [6.07, 6.45) is 30.7. The van der Waals surface area contributed by atoms with Crippen LogP contribution >= 0.6 is 0 Å². The zero-order chi connectivity index (χ0) is 19.6. The fraction of sp³-hybridized carbons (Fsp3) is 1.00. The zero-order valence-electron chi connectivity index (χ0n) is 19.6. The Balaban J connectivity index is 1.25. The Morgan fingerprint density at radius 2 is 0.786 bits per heavy atom. The van der Waals surface area contributed by atoms with Crippen molar-refractivity contribution in [3.05, 3.63) is 0 Å². The zero-order valence-corrected chi connectivity index (χ0v) is 19.6. The molecular formula is C28H52. The number of rotatable bonds is 10. The predicted molar refractivity (Wildman–Crippen MR) is 125 cm³/mol. The molecule has 0 N–H and O–H groups in total. The molecule has 0 aromatic heterocycles. The summed E-state index contributed by atoms with van der Waals surface area (Å²) in [5, 5.41) is 0. The van der Waals surface area contributed by atoms with E-state index >= 15 is 0 Å². The van der Waals surface area contributed by atoms with Crippen LogP contribution in [0.5, 0.6) is 0 Å². The Morgan fingerprint density at radius 3 is 1.21 bits per heavy atom. The first-order valence-electron chi connectivity index (χ1n) is 13.8. The van der Waals surface area contributed by atoms with Gasteiger partial charge in [-0.05, 0) is 61.2 Å². The highest BCUT2D eigenvalue weighted by molar-refractivity contribution is 4.83. The minimum absolute atomic E-state index is 1.08. The van der Waals surface area contributed by atoms with Crippen molar-refractivity contribution in [3.8, 4) is 0 Å². The summed E-state index contributed by atoms with van der Waals surface area (Å²) in [5.74, 6) is 6.57. The molecule has 164 valence electrons. The van der Waals surface area contributed by atoms with Crippen molar-refractivity contribution in [2.75, 3.05) is 0 Å². The van der Waals surface area contributed by atoms with Crippen molar-refractivity contribution in [1.29, 1.82) is 0 Å². The van der Waals surface area contributed by atoms with Gasteiger partial charge in [-0.2, -0.15) is 0 Å². The van der Waals surface area contributed by atoms with Crippen molar-refractivity contribution in [2.24, 2.45) is 35.5 Å². The van der Waals surface area contributed by atoms with Gasteiger partial charge in [-0.15, -0.1) is 0 Å². The highest BCUT2D eigenvalue weighted by atomic mass is 14.4. The Kier molecular flexibility index (Phi) is 10.2. The number of hydrogen-bond acceptors (Lipinski definition) is 0. The molecule has 28 heavy (non-hydrogen) atoms. The SMILES string of the molecule is CCCCC[C@H]1CC[C@H]([C@H]2CC[C@H](CC[C@H]3CC[C@H](CCC)CC3)CC2)CC1. The van der Waals surface area contributed by atoms with Crippen LogP contribution in [0.15, 0.2) is 0 Å². The minimum atomic E-state index is 1.08. The molecular weight excluding hydrogens is 336 g/mol. The second-order valence-electron chi connectivity index (χ2n) is 11.3. The molecule has 0 aromatic rings. The molecule has 0 bridgehead atoms. The average molecular weight is 389 g/mol. The third kappa shape index (κ3) is 7.36. The highest BCUT2D eigenvalue weighted by Crippen LogP contribution is 2.44. The molecule has 0 nitrogen and oxygen atoms in total. The maximum absolute atomic E-state index is 2.36. The van der Waals surface area contributed by atoms with Crippen molar-refractivity contribution < 1.29 is 0 Å². The number of unbranched alkanes of at least 4 members (excludes halogenated alkanes) is 2. The summed E-state index contributed by atoms with van der Waals surface area (Å²) >= 11 is 0. The van der Waals surface area contributed by atoms with Gasteiger partial charge in [0.2, 0.25) is 0 Å². The van der Waals surface area contributed by atoms with E-state index in [0.717, 1.165) is 35.5 Å². The summed E-state index contributed by atoms with van der Waals surface area (Å²) in [6, 6.07) is 0. The summed E-state index contributed by atoms with van der Waals surface area (Å²) < 4.78 is 0. The van der Waals surface area contributed by atoms with E-state index < -0.39 is 0 Å². The standard InChI is InChI=1S/C28H52/c1-3-5-6-8-24-15-19-27(20-16-24)28-21-17-26(18-22-28)14-13-25-11-9-23(7-4-2)10-12-25/h23-28H,3-22H2,1-2H3/t23-,24-,25-,26-,27-,28-. The van der Waals surface area contributed by atoms with Crippen LogP contribution in [0, 0.1) is 35.5 Å². The Hall–Kier alpha value is 0. The van der Waals surface area contributed by atoms with E-state index in [1.54, 1.807) is 89.9 Å². The molecule has 0 heterocycles. The Morgan fingerprint density at radius 1 is 0.393 bits per heavy atom. The maximum Gasteiger partial charge on any atom is -0.0386 e. The van der Waals surface area contributed by atoms with Gasteiger partial charge in [-0.3, -0.25) is 0 Å². The van der Waals surface area contributed by atoms with Crippen LogP contribution in [-0.2, 0) is 0 Å². The molecule has 3 fully saturated rings. The van der Waals surface area contributed by atoms with Gasteiger partial charge in [0, 0.05) is 0 Å². The van der Waals surface area contributed by atoms with Gasteiger partial charge >= 0.3 is 0 Å². The molecule has 0 atom stereocenters. The van der Waals surface area contributed by atoms with Crippen LogP contribution in [0.2, 0.25) is 0 Å². The Labute approximate surface area is 178 Å². The average Bonchev–Trinajstić information content (AvgIpc) is 2.75.